The average Bonchev–Trinajstić information content (AvgIpc) is 3.10. The molecule has 1 N–H and O–H groups in total. The first-order valence-electron chi connectivity index (χ1n) is 9.64. The Bertz CT molecular complexity index is 1090. The second kappa shape index (κ2) is 8.27. The molecule has 9 heteroatoms. The summed E-state index contributed by atoms with van der Waals surface area (Å²) in [6.45, 7) is 5.89. The first kappa shape index (κ1) is 20.1. The minimum absolute atomic E-state index is 0.100. The zero-order valence-electron chi connectivity index (χ0n) is 17.0. The van der Waals surface area contributed by atoms with E-state index in [1.54, 1.807) is 15.6 Å². The number of aromatic nitrogens is 4. The Morgan fingerprint density at radius 2 is 1.90 bits per heavy atom. The summed E-state index contributed by atoms with van der Waals surface area (Å²) in [5.41, 5.74) is 4.37. The van der Waals surface area contributed by atoms with Crippen LogP contribution in [0.3, 0.4) is 0 Å². The molecule has 8 nitrogen and oxygen atoms in total. The quantitative estimate of drug-likeness (QED) is 0.650. The molecule has 3 aromatic rings. The summed E-state index contributed by atoms with van der Waals surface area (Å²) in [6, 6.07) is 13.1. The summed E-state index contributed by atoms with van der Waals surface area (Å²) in [5, 5.41) is 15.5. The van der Waals surface area contributed by atoms with Crippen LogP contribution in [0.1, 0.15) is 24.5 Å². The summed E-state index contributed by atoms with van der Waals surface area (Å²) in [5.74, 6) is -0.0533. The molecule has 0 bridgehead atoms. The predicted molar refractivity (Wildman–Crippen MR) is 116 cm³/mol. The lowest BCUT2D eigenvalue weighted by Crippen LogP contribution is -2.40. The van der Waals surface area contributed by atoms with Gasteiger partial charge in [0.25, 0.3) is 0 Å². The van der Waals surface area contributed by atoms with Gasteiger partial charge in [0.2, 0.25) is 17.0 Å². The van der Waals surface area contributed by atoms with Crippen molar-refractivity contribution in [3.05, 3.63) is 53.6 Å². The molecule has 2 heterocycles. The minimum atomic E-state index is -0.253. The second-order valence-corrected chi connectivity index (χ2v) is 8.23. The third-order valence-corrected chi connectivity index (χ3v) is 5.95. The van der Waals surface area contributed by atoms with Gasteiger partial charge in [-0.05, 0) is 54.5 Å². The van der Waals surface area contributed by atoms with Crippen LogP contribution < -0.4 is 10.2 Å². The van der Waals surface area contributed by atoms with Crippen LogP contribution >= 0.6 is 11.8 Å². The second-order valence-electron chi connectivity index (χ2n) is 7.28. The fourth-order valence-electron chi connectivity index (χ4n) is 3.71. The summed E-state index contributed by atoms with van der Waals surface area (Å²) >= 11 is 1.28. The van der Waals surface area contributed by atoms with Gasteiger partial charge in [0.1, 0.15) is 0 Å². The molecular weight excluding hydrogens is 400 g/mol. The molecule has 2 amide bonds. The number of benzene rings is 2. The summed E-state index contributed by atoms with van der Waals surface area (Å²) < 4.78 is 1.67. The van der Waals surface area contributed by atoms with Crippen molar-refractivity contribution in [3.8, 4) is 5.69 Å². The number of aryl methyl sites for hydroxylation is 2. The van der Waals surface area contributed by atoms with Crippen molar-refractivity contribution in [3.63, 3.8) is 0 Å². The molecule has 0 saturated heterocycles. The van der Waals surface area contributed by atoms with E-state index < -0.39 is 0 Å². The van der Waals surface area contributed by atoms with Crippen LogP contribution in [0.5, 0.6) is 0 Å². The van der Waals surface area contributed by atoms with Gasteiger partial charge in [0.05, 0.1) is 22.8 Å². The van der Waals surface area contributed by atoms with Gasteiger partial charge in [-0.2, -0.15) is 4.68 Å². The number of thioether (sulfide) groups is 1. The normalized spacial score (nSPS) is 16.0. The van der Waals surface area contributed by atoms with E-state index >= 15 is 0 Å². The first-order chi connectivity index (χ1) is 14.5. The van der Waals surface area contributed by atoms with E-state index in [1.165, 1.54) is 11.8 Å². The molecule has 1 aliphatic rings. The Balaban J connectivity index is 1.58. The van der Waals surface area contributed by atoms with E-state index in [0.717, 1.165) is 16.8 Å². The SMILES string of the molecule is Cc1cccc(C)c1-n1nnnc1SCC(=O)N1c2ccccc2NC(=O)C[C@H]1C. The molecule has 0 fully saturated rings. The van der Waals surface area contributed by atoms with Crippen molar-refractivity contribution in [2.45, 2.75) is 38.4 Å². The standard InChI is InChI=1S/C21H22N6O2S/c1-13-7-6-8-14(2)20(13)27-21(23-24-25-27)30-12-19(29)26-15(3)11-18(28)22-16-9-4-5-10-17(16)26/h4-10,15H,11-12H2,1-3H3,(H,22,28)/t15-/m1/s1. The van der Waals surface area contributed by atoms with Crippen LogP contribution in [0, 0.1) is 13.8 Å². The van der Waals surface area contributed by atoms with Gasteiger partial charge in [0.15, 0.2) is 0 Å². The van der Waals surface area contributed by atoms with Gasteiger partial charge < -0.3 is 10.2 Å². The highest BCUT2D eigenvalue weighted by Crippen LogP contribution is 2.32. The zero-order chi connectivity index (χ0) is 21.3. The lowest BCUT2D eigenvalue weighted by atomic mass is 10.1. The molecular formula is C21H22N6O2S. The number of amides is 2. The van der Waals surface area contributed by atoms with Crippen LogP contribution in [-0.2, 0) is 9.59 Å². The van der Waals surface area contributed by atoms with Gasteiger partial charge in [-0.1, -0.05) is 42.1 Å². The monoisotopic (exact) mass is 422 g/mol. The maximum absolute atomic E-state index is 13.2. The average molecular weight is 423 g/mol. The molecule has 1 aromatic heterocycles. The fraction of sp³-hybridized carbons (Fsp3) is 0.286. The summed E-state index contributed by atoms with van der Waals surface area (Å²) in [4.78, 5) is 27.0. The fourth-order valence-corrected chi connectivity index (χ4v) is 4.45. The van der Waals surface area contributed by atoms with Crippen LogP contribution in [0.15, 0.2) is 47.6 Å². The van der Waals surface area contributed by atoms with Gasteiger partial charge in [0, 0.05) is 12.5 Å². The molecule has 154 valence electrons. The smallest absolute Gasteiger partial charge is 0.237 e. The molecule has 0 saturated carbocycles. The number of anilines is 2. The number of rotatable bonds is 4. The highest BCUT2D eigenvalue weighted by Gasteiger charge is 2.29. The van der Waals surface area contributed by atoms with Crippen LogP contribution in [0.4, 0.5) is 11.4 Å². The summed E-state index contributed by atoms with van der Waals surface area (Å²) in [6.07, 6.45) is 0.241. The maximum Gasteiger partial charge on any atom is 0.237 e. The zero-order valence-corrected chi connectivity index (χ0v) is 17.8. The van der Waals surface area contributed by atoms with Crippen LogP contribution in [-0.4, -0.2) is 43.8 Å². The van der Waals surface area contributed by atoms with Crippen LogP contribution in [0.25, 0.3) is 5.69 Å². The third kappa shape index (κ3) is 3.80. The van der Waals surface area contributed by atoms with E-state index in [0.29, 0.717) is 16.5 Å². The van der Waals surface area contributed by atoms with Crippen LogP contribution in [0.2, 0.25) is 0 Å². The van der Waals surface area contributed by atoms with E-state index in [4.69, 9.17) is 0 Å². The third-order valence-electron chi connectivity index (χ3n) is 5.04. The molecule has 1 atom stereocenters. The molecule has 4 rings (SSSR count). The molecule has 0 spiro atoms. The molecule has 0 aliphatic carbocycles. The van der Waals surface area contributed by atoms with Crippen molar-refractivity contribution < 1.29 is 9.59 Å². The lowest BCUT2D eigenvalue weighted by Gasteiger charge is -2.27. The molecule has 30 heavy (non-hydrogen) atoms. The highest BCUT2D eigenvalue weighted by molar-refractivity contribution is 7.99. The van der Waals surface area contributed by atoms with Crippen molar-refractivity contribution in [1.82, 2.24) is 20.2 Å². The Morgan fingerprint density at radius 3 is 2.67 bits per heavy atom. The number of nitrogens with zero attached hydrogens (tertiary/aromatic N) is 5. The maximum atomic E-state index is 13.2. The van der Waals surface area contributed by atoms with Gasteiger partial charge in [-0.25, -0.2) is 0 Å². The number of carbonyl (C=O) groups excluding carboxylic acids is 2. The Labute approximate surface area is 178 Å². The molecule has 2 aromatic carbocycles. The van der Waals surface area contributed by atoms with Gasteiger partial charge in [-0.3, -0.25) is 9.59 Å². The number of nitrogens with one attached hydrogen (secondary N) is 1. The molecule has 0 unspecified atom stereocenters. The van der Waals surface area contributed by atoms with Crippen molar-refractivity contribution in [2.75, 3.05) is 16.0 Å². The van der Waals surface area contributed by atoms with E-state index in [-0.39, 0.29) is 30.0 Å². The van der Waals surface area contributed by atoms with E-state index in [2.05, 4.69) is 20.8 Å². The number of tetrazole rings is 1. The lowest BCUT2D eigenvalue weighted by molar-refractivity contribution is -0.117. The molecule has 0 radical (unpaired) electrons. The Kier molecular flexibility index (Phi) is 5.54. The van der Waals surface area contributed by atoms with Crippen molar-refractivity contribution in [1.29, 1.82) is 0 Å². The predicted octanol–water partition coefficient (Wildman–Crippen LogP) is 3.14. The van der Waals surface area contributed by atoms with E-state index in [9.17, 15) is 9.59 Å². The van der Waals surface area contributed by atoms with Crippen molar-refractivity contribution in [2.24, 2.45) is 0 Å². The number of hydrogen-bond donors (Lipinski definition) is 1. The largest absolute Gasteiger partial charge is 0.324 e. The topological polar surface area (TPSA) is 93.0 Å². The molecule has 1 aliphatic heterocycles. The highest BCUT2D eigenvalue weighted by atomic mass is 32.2. The van der Waals surface area contributed by atoms with Gasteiger partial charge in [-0.15, -0.1) is 5.10 Å². The number of hydrogen-bond acceptors (Lipinski definition) is 6. The summed E-state index contributed by atoms with van der Waals surface area (Å²) in [7, 11) is 0. The minimum Gasteiger partial charge on any atom is -0.324 e. The Morgan fingerprint density at radius 1 is 1.17 bits per heavy atom. The van der Waals surface area contributed by atoms with Crippen molar-refractivity contribution >= 4 is 35.0 Å². The Hall–Kier alpha value is -3.20. The number of carbonyl (C=O) groups is 2. The van der Waals surface area contributed by atoms with E-state index in [1.807, 2.05) is 57.2 Å². The van der Waals surface area contributed by atoms with Gasteiger partial charge >= 0.3 is 0 Å². The number of fused-ring (bicyclic) bond motifs is 1. The number of para-hydroxylation sites is 3. The first-order valence-corrected chi connectivity index (χ1v) is 10.6.